The van der Waals surface area contributed by atoms with E-state index in [2.05, 4.69) is 10.3 Å². The van der Waals surface area contributed by atoms with E-state index in [1.165, 1.54) is 23.5 Å². The maximum Gasteiger partial charge on any atom is 0.243 e. The van der Waals surface area contributed by atoms with Crippen molar-refractivity contribution in [3.8, 4) is 22.7 Å². The van der Waals surface area contributed by atoms with Crippen molar-refractivity contribution >= 4 is 21.9 Å². The second-order valence-corrected chi connectivity index (χ2v) is 11.4. The first-order valence-corrected chi connectivity index (χ1v) is 13.8. The van der Waals surface area contributed by atoms with Crippen LogP contribution >= 0.6 is 0 Å². The first-order chi connectivity index (χ1) is 18.2. The SMILES string of the molecule is COc1ccc(S(=O)(=O)N(CC(=O)Nc2nc(-c3ccccc3)cn2-c2cccc(C)c2)CC(C)C)cc1. The van der Waals surface area contributed by atoms with Gasteiger partial charge in [-0.3, -0.25) is 14.7 Å². The number of methoxy groups -OCH3 is 1. The average Bonchev–Trinajstić information content (AvgIpc) is 3.32. The van der Waals surface area contributed by atoms with E-state index in [0.717, 1.165) is 16.8 Å². The van der Waals surface area contributed by atoms with Crippen LogP contribution in [0.4, 0.5) is 5.95 Å². The molecule has 3 aromatic carbocycles. The third kappa shape index (κ3) is 6.30. The quantitative estimate of drug-likeness (QED) is 0.305. The smallest absolute Gasteiger partial charge is 0.243 e. The molecule has 4 rings (SSSR count). The van der Waals surface area contributed by atoms with Crippen LogP contribution in [-0.2, 0) is 14.8 Å². The number of nitrogens with one attached hydrogen (secondary N) is 1. The van der Waals surface area contributed by atoms with Gasteiger partial charge in [0.2, 0.25) is 21.9 Å². The number of benzene rings is 3. The van der Waals surface area contributed by atoms with E-state index in [4.69, 9.17) is 4.74 Å². The Bertz CT molecular complexity index is 1500. The van der Waals surface area contributed by atoms with Crippen molar-refractivity contribution in [2.75, 3.05) is 25.5 Å². The minimum Gasteiger partial charge on any atom is -0.497 e. The number of imidazole rings is 1. The molecule has 1 aromatic heterocycles. The number of carbonyl (C=O) groups is 1. The van der Waals surface area contributed by atoms with Crippen LogP contribution in [-0.4, -0.2) is 48.4 Å². The summed E-state index contributed by atoms with van der Waals surface area (Å²) >= 11 is 0. The number of aryl methyl sites for hydroxylation is 1. The normalized spacial score (nSPS) is 11.6. The topological polar surface area (TPSA) is 93.5 Å². The van der Waals surface area contributed by atoms with Gasteiger partial charge in [-0.05, 0) is 54.8 Å². The lowest BCUT2D eigenvalue weighted by molar-refractivity contribution is -0.116. The number of carbonyl (C=O) groups excluding carboxylic acids is 1. The molecule has 0 saturated carbocycles. The molecule has 0 bridgehead atoms. The largest absolute Gasteiger partial charge is 0.497 e. The van der Waals surface area contributed by atoms with Crippen molar-refractivity contribution in [3.05, 3.63) is 90.6 Å². The minimum atomic E-state index is -3.92. The van der Waals surface area contributed by atoms with Gasteiger partial charge in [-0.15, -0.1) is 0 Å². The fourth-order valence-electron chi connectivity index (χ4n) is 4.07. The number of aromatic nitrogens is 2. The van der Waals surface area contributed by atoms with Crippen LogP contribution in [0.3, 0.4) is 0 Å². The summed E-state index contributed by atoms with van der Waals surface area (Å²) in [5.74, 6) is 0.386. The summed E-state index contributed by atoms with van der Waals surface area (Å²) < 4.78 is 35.1. The molecule has 0 fully saturated rings. The molecule has 1 heterocycles. The molecule has 198 valence electrons. The summed E-state index contributed by atoms with van der Waals surface area (Å²) in [7, 11) is -2.41. The highest BCUT2D eigenvalue weighted by Crippen LogP contribution is 2.25. The lowest BCUT2D eigenvalue weighted by Gasteiger charge is -2.23. The van der Waals surface area contributed by atoms with Gasteiger partial charge in [0.15, 0.2) is 0 Å². The van der Waals surface area contributed by atoms with Crippen LogP contribution in [0, 0.1) is 12.8 Å². The molecule has 4 aromatic rings. The van der Waals surface area contributed by atoms with Gasteiger partial charge in [-0.2, -0.15) is 4.31 Å². The zero-order chi connectivity index (χ0) is 27.3. The summed E-state index contributed by atoms with van der Waals surface area (Å²) in [6, 6.07) is 23.6. The van der Waals surface area contributed by atoms with Crippen LogP contribution in [0.5, 0.6) is 5.75 Å². The number of hydrogen-bond donors (Lipinski definition) is 1. The minimum absolute atomic E-state index is 0.00906. The van der Waals surface area contributed by atoms with Gasteiger partial charge in [0.25, 0.3) is 0 Å². The molecule has 0 aliphatic heterocycles. The van der Waals surface area contributed by atoms with E-state index in [9.17, 15) is 13.2 Å². The van der Waals surface area contributed by atoms with E-state index in [-0.39, 0.29) is 23.9 Å². The van der Waals surface area contributed by atoms with Crippen LogP contribution in [0.15, 0.2) is 90.0 Å². The number of sulfonamides is 1. The van der Waals surface area contributed by atoms with Gasteiger partial charge in [0.1, 0.15) is 5.75 Å². The van der Waals surface area contributed by atoms with E-state index in [1.807, 2.05) is 81.6 Å². The fourth-order valence-corrected chi connectivity index (χ4v) is 5.63. The third-order valence-electron chi connectivity index (χ3n) is 5.89. The van der Waals surface area contributed by atoms with Crippen LogP contribution in [0.25, 0.3) is 16.9 Å². The number of ether oxygens (including phenoxy) is 1. The molecule has 0 radical (unpaired) electrons. The molecule has 0 atom stereocenters. The van der Waals surface area contributed by atoms with Crippen LogP contribution in [0.2, 0.25) is 0 Å². The van der Waals surface area contributed by atoms with E-state index >= 15 is 0 Å². The highest BCUT2D eigenvalue weighted by atomic mass is 32.2. The molecule has 1 amide bonds. The lowest BCUT2D eigenvalue weighted by Crippen LogP contribution is -2.40. The van der Waals surface area contributed by atoms with Gasteiger partial charge >= 0.3 is 0 Å². The molecule has 0 unspecified atom stereocenters. The van der Waals surface area contributed by atoms with Gasteiger partial charge in [0, 0.05) is 24.0 Å². The zero-order valence-corrected chi connectivity index (χ0v) is 22.8. The molecule has 9 heteroatoms. The van der Waals surface area contributed by atoms with Crippen molar-refractivity contribution in [1.29, 1.82) is 0 Å². The second kappa shape index (κ2) is 11.6. The summed E-state index contributed by atoms with van der Waals surface area (Å²) in [6.07, 6.45) is 1.86. The Balaban J connectivity index is 1.64. The van der Waals surface area contributed by atoms with Gasteiger partial charge < -0.3 is 4.74 Å². The van der Waals surface area contributed by atoms with Gasteiger partial charge in [-0.1, -0.05) is 56.3 Å². The average molecular weight is 533 g/mol. The first kappa shape index (κ1) is 27.1. The Kier molecular flexibility index (Phi) is 8.29. The molecular formula is C29H32N4O4S. The summed E-state index contributed by atoms with van der Waals surface area (Å²) in [4.78, 5) is 18.1. The number of rotatable bonds is 10. The number of nitrogens with zero attached hydrogens (tertiary/aromatic N) is 3. The fraction of sp³-hybridized carbons (Fsp3) is 0.241. The maximum absolute atomic E-state index is 13.5. The Morgan fingerprint density at radius 3 is 2.37 bits per heavy atom. The Hall–Kier alpha value is -3.95. The molecule has 38 heavy (non-hydrogen) atoms. The van der Waals surface area contributed by atoms with Crippen molar-refractivity contribution in [2.24, 2.45) is 5.92 Å². The van der Waals surface area contributed by atoms with Crippen LogP contribution < -0.4 is 10.1 Å². The van der Waals surface area contributed by atoms with Crippen molar-refractivity contribution in [1.82, 2.24) is 13.9 Å². The molecule has 0 aliphatic rings. The van der Waals surface area contributed by atoms with Crippen molar-refractivity contribution in [3.63, 3.8) is 0 Å². The highest BCUT2D eigenvalue weighted by molar-refractivity contribution is 7.89. The maximum atomic E-state index is 13.5. The number of hydrogen-bond acceptors (Lipinski definition) is 5. The Morgan fingerprint density at radius 1 is 1.03 bits per heavy atom. The summed E-state index contributed by atoms with van der Waals surface area (Å²) in [6.45, 7) is 5.64. The van der Waals surface area contributed by atoms with Crippen molar-refractivity contribution < 1.29 is 17.9 Å². The second-order valence-electron chi connectivity index (χ2n) is 9.44. The lowest BCUT2D eigenvalue weighted by atomic mass is 10.2. The predicted octanol–water partition coefficient (Wildman–Crippen LogP) is 5.14. The molecule has 8 nitrogen and oxygen atoms in total. The monoisotopic (exact) mass is 532 g/mol. The molecule has 0 saturated heterocycles. The summed E-state index contributed by atoms with van der Waals surface area (Å²) in [5, 5.41) is 2.85. The molecule has 0 spiro atoms. The van der Waals surface area contributed by atoms with E-state index < -0.39 is 15.9 Å². The van der Waals surface area contributed by atoms with Gasteiger partial charge in [-0.25, -0.2) is 13.4 Å². The van der Waals surface area contributed by atoms with Crippen molar-refractivity contribution in [2.45, 2.75) is 25.7 Å². The Labute approximate surface area is 224 Å². The zero-order valence-electron chi connectivity index (χ0n) is 22.0. The molecule has 1 N–H and O–H groups in total. The summed E-state index contributed by atoms with van der Waals surface area (Å²) in [5.41, 5.74) is 3.48. The standard InChI is InChI=1S/C29H32N4O4S/c1-21(2)18-32(38(35,36)26-15-13-25(37-4)14-16-26)20-28(34)31-29-30-27(23-10-6-5-7-11-23)19-33(29)24-12-8-9-22(3)17-24/h5-17,19,21H,18,20H2,1-4H3,(H,30,31,34). The van der Waals surface area contributed by atoms with Crippen LogP contribution in [0.1, 0.15) is 19.4 Å². The predicted molar refractivity (Wildman–Crippen MR) is 149 cm³/mol. The highest BCUT2D eigenvalue weighted by Gasteiger charge is 2.28. The third-order valence-corrected chi connectivity index (χ3v) is 7.72. The van der Waals surface area contributed by atoms with E-state index in [0.29, 0.717) is 17.4 Å². The number of amides is 1. The molecular weight excluding hydrogens is 500 g/mol. The Morgan fingerprint density at radius 2 is 1.74 bits per heavy atom. The first-order valence-electron chi connectivity index (χ1n) is 12.3. The molecule has 0 aliphatic carbocycles. The number of anilines is 1. The van der Waals surface area contributed by atoms with E-state index in [1.54, 1.807) is 16.7 Å². The van der Waals surface area contributed by atoms with Gasteiger partial charge in [0.05, 0.1) is 24.2 Å².